The molecule has 38 heavy (non-hydrogen) atoms. The Morgan fingerprint density at radius 3 is 1.82 bits per heavy atom. The van der Waals surface area contributed by atoms with Gasteiger partial charge in [0.1, 0.15) is 18.5 Å². The number of benzene rings is 3. The Bertz CT molecular complexity index is 1230. The van der Waals surface area contributed by atoms with Crippen molar-refractivity contribution in [3.8, 4) is 11.5 Å². The minimum absolute atomic E-state index is 0.0985. The summed E-state index contributed by atoms with van der Waals surface area (Å²) in [7, 11) is -3.94. The van der Waals surface area contributed by atoms with E-state index in [0.29, 0.717) is 30.3 Å². The Morgan fingerprint density at radius 1 is 0.789 bits per heavy atom. The number of carbonyl (C=O) groups excluding carboxylic acids is 1. The molecule has 0 amide bonds. The molecule has 0 saturated carbocycles. The normalized spacial score (nSPS) is 11.9. The fourth-order valence-electron chi connectivity index (χ4n) is 3.52. The minimum Gasteiger partial charge on any atom is -0.485 e. The van der Waals surface area contributed by atoms with Crippen LogP contribution in [0.2, 0.25) is 0 Å². The van der Waals surface area contributed by atoms with Crippen LogP contribution in [-0.2, 0) is 36.4 Å². The second-order valence-corrected chi connectivity index (χ2v) is 10.6. The highest BCUT2D eigenvalue weighted by Gasteiger charge is 2.36. The van der Waals surface area contributed by atoms with E-state index >= 15 is 0 Å². The molecule has 0 aliphatic carbocycles. The quantitative estimate of drug-likeness (QED) is 0.120. The third-order valence-electron chi connectivity index (χ3n) is 5.19. The average Bonchev–Trinajstić information content (AvgIpc) is 2.91. The van der Waals surface area contributed by atoms with Gasteiger partial charge in [0, 0.05) is 0 Å². The first-order valence-electron chi connectivity index (χ1n) is 12.6. The molecule has 0 fully saturated rings. The van der Waals surface area contributed by atoms with Gasteiger partial charge in [0.05, 0.1) is 19.3 Å². The third-order valence-corrected chi connectivity index (χ3v) is 7.29. The first kappa shape index (κ1) is 29.2. The highest BCUT2D eigenvalue weighted by molar-refractivity contribution is 7.60. The molecule has 0 spiro atoms. The molecule has 0 aromatic heterocycles. The summed E-state index contributed by atoms with van der Waals surface area (Å²) < 4.78 is 42.1. The summed E-state index contributed by atoms with van der Waals surface area (Å²) in [4.78, 5) is 13.0. The maximum absolute atomic E-state index is 13.6. The van der Waals surface area contributed by atoms with Gasteiger partial charge in [-0.15, -0.1) is 0 Å². The average molecular weight is 539 g/mol. The van der Waals surface area contributed by atoms with E-state index in [1.54, 1.807) is 45.9 Å². The van der Waals surface area contributed by atoms with E-state index in [9.17, 15) is 9.36 Å². The van der Waals surface area contributed by atoms with Crippen LogP contribution in [0.15, 0.2) is 84.2 Å². The molecule has 0 radical (unpaired) electrons. The van der Waals surface area contributed by atoms with Crippen LogP contribution >= 0.6 is 7.60 Å². The summed E-state index contributed by atoms with van der Waals surface area (Å²) in [6.45, 7) is 7.67. The molecule has 3 aromatic rings. The zero-order chi connectivity index (χ0) is 27.4. The molecule has 0 heterocycles. The van der Waals surface area contributed by atoms with Gasteiger partial charge in [-0.1, -0.05) is 66.7 Å². The fraction of sp³-hybridized carbons (Fsp3) is 0.300. The van der Waals surface area contributed by atoms with E-state index in [0.717, 1.165) is 11.1 Å². The van der Waals surface area contributed by atoms with Crippen LogP contribution in [-0.4, -0.2) is 25.3 Å². The van der Waals surface area contributed by atoms with Gasteiger partial charge < -0.3 is 23.3 Å². The van der Waals surface area contributed by atoms with Gasteiger partial charge in [-0.3, -0.25) is 4.57 Å². The maximum atomic E-state index is 13.6. The van der Waals surface area contributed by atoms with Crippen molar-refractivity contribution in [3.63, 3.8) is 0 Å². The molecule has 0 atom stereocenters. The van der Waals surface area contributed by atoms with E-state index < -0.39 is 19.7 Å². The van der Waals surface area contributed by atoms with Crippen molar-refractivity contribution in [2.24, 2.45) is 0 Å². The second-order valence-electron chi connectivity index (χ2n) is 8.57. The van der Waals surface area contributed by atoms with Crippen molar-refractivity contribution in [1.82, 2.24) is 0 Å². The lowest BCUT2D eigenvalue weighted by atomic mass is 10.1. The van der Waals surface area contributed by atoms with E-state index in [2.05, 4.69) is 0 Å². The van der Waals surface area contributed by atoms with Gasteiger partial charge >= 0.3 is 13.6 Å². The topological polar surface area (TPSA) is 80.3 Å². The summed E-state index contributed by atoms with van der Waals surface area (Å²) in [6, 6.07) is 24.8. The van der Waals surface area contributed by atoms with E-state index in [1.807, 2.05) is 60.7 Å². The van der Waals surface area contributed by atoms with Crippen molar-refractivity contribution < 1.29 is 32.6 Å². The number of hydrogen-bond donors (Lipinski definition) is 0. The molecule has 0 bridgehead atoms. The maximum Gasteiger partial charge on any atom is 0.368 e. The summed E-state index contributed by atoms with van der Waals surface area (Å²) in [6.07, 6.45) is 1.05. The molecule has 7 nitrogen and oxygen atoms in total. The minimum atomic E-state index is -3.94. The molecule has 0 aliphatic heterocycles. The summed E-state index contributed by atoms with van der Waals surface area (Å²) in [5.41, 5.74) is 2.55. The van der Waals surface area contributed by atoms with Crippen LogP contribution in [0, 0.1) is 0 Å². The highest BCUT2D eigenvalue weighted by Crippen LogP contribution is 2.57. The van der Waals surface area contributed by atoms with Gasteiger partial charge in [0.2, 0.25) is 0 Å². The number of rotatable bonds is 14. The smallest absolute Gasteiger partial charge is 0.368 e. The van der Waals surface area contributed by atoms with Gasteiger partial charge in [-0.25, -0.2) is 4.79 Å². The Kier molecular flexibility index (Phi) is 11.2. The Labute approximate surface area is 224 Å². The Balaban J connectivity index is 1.99. The molecule has 3 rings (SSSR count). The highest BCUT2D eigenvalue weighted by atomic mass is 31.2. The van der Waals surface area contributed by atoms with Crippen molar-refractivity contribution in [3.05, 3.63) is 101 Å². The summed E-state index contributed by atoms with van der Waals surface area (Å²) >= 11 is 0. The zero-order valence-corrected chi connectivity index (χ0v) is 23.2. The standard InChI is InChI=1S/C30H35O7P/c1-5-35-38(32,36-6-2)29(30(31)37-23(3)4)20-26-17-18-27(33-21-24-13-9-7-10-14-24)28(19-26)34-22-25-15-11-8-12-16-25/h7-20,23H,5-6,21-22H2,1-4H3/b29-20-. The third kappa shape index (κ3) is 8.59. The van der Waals surface area contributed by atoms with Crippen molar-refractivity contribution in [2.75, 3.05) is 13.2 Å². The molecule has 202 valence electrons. The lowest BCUT2D eigenvalue weighted by Crippen LogP contribution is -2.15. The van der Waals surface area contributed by atoms with Crippen LogP contribution in [0.3, 0.4) is 0 Å². The van der Waals surface area contributed by atoms with E-state index in [4.69, 9.17) is 23.3 Å². The lowest BCUT2D eigenvalue weighted by molar-refractivity contribution is -0.141. The van der Waals surface area contributed by atoms with E-state index in [-0.39, 0.29) is 18.5 Å². The lowest BCUT2D eigenvalue weighted by Gasteiger charge is -2.20. The molecular weight excluding hydrogens is 503 g/mol. The Morgan fingerprint density at radius 2 is 1.32 bits per heavy atom. The van der Waals surface area contributed by atoms with Gasteiger partial charge in [0.25, 0.3) is 0 Å². The molecule has 0 saturated heterocycles. The van der Waals surface area contributed by atoms with Gasteiger partial charge in [-0.05, 0) is 62.6 Å². The first-order chi connectivity index (χ1) is 18.3. The number of esters is 1. The SMILES string of the molecule is CCOP(=O)(OCC)/C(=C\c1ccc(OCc2ccccc2)c(OCc2ccccc2)c1)C(=O)OC(C)C. The fourth-order valence-corrected chi connectivity index (χ4v) is 5.13. The number of carbonyl (C=O) groups is 1. The number of hydrogen-bond acceptors (Lipinski definition) is 7. The van der Waals surface area contributed by atoms with Gasteiger partial charge in [-0.2, -0.15) is 0 Å². The molecule has 0 unspecified atom stereocenters. The van der Waals surface area contributed by atoms with Crippen LogP contribution < -0.4 is 9.47 Å². The molecule has 8 heteroatoms. The predicted molar refractivity (Wildman–Crippen MR) is 148 cm³/mol. The van der Waals surface area contributed by atoms with Gasteiger partial charge in [0.15, 0.2) is 11.5 Å². The summed E-state index contributed by atoms with van der Waals surface area (Å²) in [5.74, 6) is 0.241. The van der Waals surface area contributed by atoms with Crippen LogP contribution in [0.1, 0.15) is 44.4 Å². The van der Waals surface area contributed by atoms with Crippen LogP contribution in [0.4, 0.5) is 0 Å². The molecular formula is C30H35O7P. The van der Waals surface area contributed by atoms with Crippen molar-refractivity contribution in [1.29, 1.82) is 0 Å². The Hall–Kier alpha value is -3.38. The molecule has 0 aliphatic rings. The van der Waals surface area contributed by atoms with E-state index in [1.165, 1.54) is 6.08 Å². The first-order valence-corrected chi connectivity index (χ1v) is 14.2. The molecule has 0 N–H and O–H groups in total. The van der Waals surface area contributed by atoms with Crippen LogP contribution in [0.25, 0.3) is 6.08 Å². The second kappa shape index (κ2) is 14.5. The summed E-state index contributed by atoms with van der Waals surface area (Å²) in [5, 5.41) is -0.179. The van der Waals surface area contributed by atoms with Crippen molar-refractivity contribution >= 4 is 19.6 Å². The zero-order valence-electron chi connectivity index (χ0n) is 22.3. The monoisotopic (exact) mass is 538 g/mol. The number of ether oxygens (including phenoxy) is 3. The predicted octanol–water partition coefficient (Wildman–Crippen LogP) is 7.40. The van der Waals surface area contributed by atoms with Crippen LogP contribution in [0.5, 0.6) is 11.5 Å². The van der Waals surface area contributed by atoms with Crippen molar-refractivity contribution in [2.45, 2.75) is 47.0 Å². The molecule has 3 aromatic carbocycles. The largest absolute Gasteiger partial charge is 0.485 e.